The summed E-state index contributed by atoms with van der Waals surface area (Å²) in [5, 5.41) is 3.14. The van der Waals surface area contributed by atoms with Crippen LogP contribution in [0.1, 0.15) is 18.4 Å². The number of hydrogen-bond donors (Lipinski definition) is 1. The van der Waals surface area contributed by atoms with Crippen molar-refractivity contribution in [1.29, 1.82) is 0 Å². The maximum Gasteiger partial charge on any atom is 0.267 e. The summed E-state index contributed by atoms with van der Waals surface area (Å²) in [5.41, 5.74) is 1.91. The van der Waals surface area contributed by atoms with Crippen molar-refractivity contribution < 1.29 is 19.1 Å². The first kappa shape index (κ1) is 23.0. The first-order chi connectivity index (χ1) is 16.4. The van der Waals surface area contributed by atoms with Gasteiger partial charge in [-0.3, -0.25) is 24.2 Å². The van der Waals surface area contributed by atoms with Crippen molar-refractivity contribution in [2.45, 2.75) is 18.9 Å². The first-order valence-electron chi connectivity index (χ1n) is 10.8. The van der Waals surface area contributed by atoms with Gasteiger partial charge in [0.25, 0.3) is 11.8 Å². The minimum Gasteiger partial charge on any atom is -0.376 e. The molecule has 10 heteroatoms. The zero-order chi connectivity index (χ0) is 23.8. The number of para-hydroxylation sites is 2. The van der Waals surface area contributed by atoms with Crippen molar-refractivity contribution >= 4 is 74.6 Å². The van der Waals surface area contributed by atoms with Gasteiger partial charge in [-0.25, -0.2) is 0 Å². The summed E-state index contributed by atoms with van der Waals surface area (Å²) >= 11 is 12.7. The molecule has 3 aliphatic heterocycles. The third-order valence-corrected chi connectivity index (χ3v) is 7.64. The molecule has 2 aromatic carbocycles. The summed E-state index contributed by atoms with van der Waals surface area (Å²) in [4.78, 5) is 42.8. The van der Waals surface area contributed by atoms with Crippen molar-refractivity contribution in [1.82, 2.24) is 4.90 Å². The molecule has 0 aromatic heterocycles. The van der Waals surface area contributed by atoms with Crippen LogP contribution < -0.4 is 10.2 Å². The summed E-state index contributed by atoms with van der Waals surface area (Å²) in [6, 6.07) is 14.0. The molecule has 7 nitrogen and oxygen atoms in total. The predicted molar refractivity (Wildman–Crippen MR) is 137 cm³/mol. The lowest BCUT2D eigenvalue weighted by atomic mass is 10.1. The van der Waals surface area contributed by atoms with Crippen LogP contribution in [0.15, 0.2) is 53.4 Å². The normalized spacial score (nSPS) is 22.0. The van der Waals surface area contributed by atoms with Crippen LogP contribution >= 0.6 is 35.6 Å². The number of fused-ring (bicyclic) bond motifs is 1. The molecule has 3 aliphatic rings. The molecule has 5 rings (SSSR count). The quantitative estimate of drug-likeness (QED) is 0.479. The lowest BCUT2D eigenvalue weighted by molar-refractivity contribution is -0.123. The number of anilines is 2. The Hall–Kier alpha value is -2.72. The molecule has 1 N–H and O–H groups in total. The van der Waals surface area contributed by atoms with Gasteiger partial charge in [0, 0.05) is 12.2 Å². The highest BCUT2D eigenvalue weighted by atomic mass is 35.5. The van der Waals surface area contributed by atoms with Crippen LogP contribution in [0.5, 0.6) is 0 Å². The van der Waals surface area contributed by atoms with Crippen LogP contribution in [0.2, 0.25) is 5.02 Å². The van der Waals surface area contributed by atoms with E-state index in [1.54, 1.807) is 48.5 Å². The van der Waals surface area contributed by atoms with Gasteiger partial charge < -0.3 is 10.1 Å². The van der Waals surface area contributed by atoms with Crippen molar-refractivity contribution in [3.8, 4) is 0 Å². The van der Waals surface area contributed by atoms with E-state index in [-0.39, 0.29) is 29.0 Å². The zero-order valence-electron chi connectivity index (χ0n) is 18.0. The Labute approximate surface area is 211 Å². The Kier molecular flexibility index (Phi) is 6.44. The molecule has 2 fully saturated rings. The van der Waals surface area contributed by atoms with E-state index in [2.05, 4.69) is 5.32 Å². The number of carbonyl (C=O) groups excluding carboxylic acids is 3. The number of ether oxygens (including phenoxy) is 1. The fraction of sp³-hybridized carbons (Fsp3) is 0.250. The molecule has 1 unspecified atom stereocenters. The minimum absolute atomic E-state index is 0.0524. The van der Waals surface area contributed by atoms with Crippen molar-refractivity contribution in [2.24, 2.45) is 0 Å². The van der Waals surface area contributed by atoms with Gasteiger partial charge in [0.15, 0.2) is 0 Å². The van der Waals surface area contributed by atoms with E-state index in [4.69, 9.17) is 28.6 Å². The van der Waals surface area contributed by atoms with Gasteiger partial charge >= 0.3 is 0 Å². The maximum atomic E-state index is 13.5. The van der Waals surface area contributed by atoms with Crippen LogP contribution in [-0.4, -0.2) is 52.7 Å². The number of rotatable bonds is 5. The van der Waals surface area contributed by atoms with Gasteiger partial charge in [-0.15, -0.1) is 0 Å². The minimum atomic E-state index is -0.409. The van der Waals surface area contributed by atoms with Gasteiger partial charge in [0.2, 0.25) is 5.91 Å². The molecule has 1 atom stereocenters. The lowest BCUT2D eigenvalue weighted by Gasteiger charge is -2.18. The fourth-order valence-corrected chi connectivity index (χ4v) is 5.78. The van der Waals surface area contributed by atoms with E-state index in [1.165, 1.54) is 9.80 Å². The highest BCUT2D eigenvalue weighted by molar-refractivity contribution is 8.26. The van der Waals surface area contributed by atoms with Crippen LogP contribution in [0.25, 0.3) is 5.57 Å². The van der Waals surface area contributed by atoms with Gasteiger partial charge in [-0.2, -0.15) is 0 Å². The van der Waals surface area contributed by atoms with Gasteiger partial charge in [0.1, 0.15) is 10.9 Å². The molecule has 0 aliphatic carbocycles. The van der Waals surface area contributed by atoms with Gasteiger partial charge in [-0.1, -0.05) is 65.9 Å². The Morgan fingerprint density at radius 2 is 1.88 bits per heavy atom. The van der Waals surface area contributed by atoms with Crippen molar-refractivity contribution in [3.05, 3.63) is 64.0 Å². The van der Waals surface area contributed by atoms with E-state index in [9.17, 15) is 14.4 Å². The predicted octanol–water partition coefficient (Wildman–Crippen LogP) is 4.08. The highest BCUT2D eigenvalue weighted by Gasteiger charge is 2.43. The van der Waals surface area contributed by atoms with E-state index in [1.807, 2.05) is 0 Å². The van der Waals surface area contributed by atoms with Crippen LogP contribution in [0.4, 0.5) is 11.4 Å². The second-order valence-corrected chi connectivity index (χ2v) is 10.1. The summed E-state index contributed by atoms with van der Waals surface area (Å²) in [7, 11) is 0. The maximum absolute atomic E-state index is 13.5. The van der Waals surface area contributed by atoms with Gasteiger partial charge in [0.05, 0.1) is 39.5 Å². The smallest absolute Gasteiger partial charge is 0.267 e. The number of thioether (sulfide) groups is 1. The number of hydrogen-bond acceptors (Lipinski definition) is 6. The standard InChI is InChI=1S/C24H20ClN3O4S2/c25-16-8-2-3-9-17(16)26-19(29)13-27-18-10-4-1-7-15(18)20(22(27)30)21-23(31)28(24(33)34-21)12-14-6-5-11-32-14/h1-4,7-10,14H,5-6,11-13H2,(H,26,29)/b21-20-. The topological polar surface area (TPSA) is 79.0 Å². The summed E-state index contributed by atoms with van der Waals surface area (Å²) < 4.78 is 6.07. The Morgan fingerprint density at radius 3 is 2.65 bits per heavy atom. The average Bonchev–Trinajstić information content (AvgIpc) is 3.50. The van der Waals surface area contributed by atoms with Crippen molar-refractivity contribution in [3.63, 3.8) is 0 Å². The number of amides is 3. The second kappa shape index (κ2) is 9.50. The zero-order valence-corrected chi connectivity index (χ0v) is 20.3. The SMILES string of the molecule is O=C(CN1C(=O)/C(=C2\SC(=S)N(CC3CCCO3)C2=O)c2ccccc21)Nc1ccccc1Cl. The number of carbonyl (C=O) groups is 3. The number of nitrogens with zero attached hydrogens (tertiary/aromatic N) is 2. The lowest BCUT2D eigenvalue weighted by Crippen LogP contribution is -2.36. The molecule has 2 saturated heterocycles. The fourth-order valence-electron chi connectivity index (χ4n) is 4.25. The molecular formula is C24H20ClN3O4S2. The largest absolute Gasteiger partial charge is 0.376 e. The molecule has 0 radical (unpaired) electrons. The first-order valence-corrected chi connectivity index (χ1v) is 12.4. The Morgan fingerprint density at radius 1 is 1.12 bits per heavy atom. The molecule has 0 bridgehead atoms. The molecule has 3 heterocycles. The average molecular weight is 514 g/mol. The van der Waals surface area contributed by atoms with Crippen LogP contribution in [0.3, 0.4) is 0 Å². The number of benzene rings is 2. The summed E-state index contributed by atoms with van der Waals surface area (Å²) in [6.07, 6.45) is 1.78. The van der Waals surface area contributed by atoms with Crippen LogP contribution in [-0.2, 0) is 19.1 Å². The van der Waals surface area contributed by atoms with Crippen LogP contribution in [0, 0.1) is 0 Å². The monoisotopic (exact) mass is 513 g/mol. The van der Waals surface area contributed by atoms with Crippen molar-refractivity contribution in [2.75, 3.05) is 29.9 Å². The molecular weight excluding hydrogens is 494 g/mol. The molecule has 3 amide bonds. The number of thiocarbonyl (C=S) groups is 1. The highest BCUT2D eigenvalue weighted by Crippen LogP contribution is 2.44. The molecule has 0 saturated carbocycles. The molecule has 174 valence electrons. The molecule has 2 aromatic rings. The van der Waals surface area contributed by atoms with E-state index in [0.717, 1.165) is 24.6 Å². The third kappa shape index (κ3) is 4.24. The Bertz CT molecular complexity index is 1240. The second-order valence-electron chi connectivity index (χ2n) is 8.06. The van der Waals surface area contributed by atoms with E-state index < -0.39 is 11.8 Å². The molecule has 0 spiro atoms. The van der Waals surface area contributed by atoms with Gasteiger partial charge in [-0.05, 0) is 31.0 Å². The number of nitrogens with one attached hydrogen (secondary N) is 1. The molecule has 34 heavy (non-hydrogen) atoms. The van der Waals surface area contributed by atoms with E-state index in [0.29, 0.717) is 39.4 Å². The third-order valence-electron chi connectivity index (χ3n) is 5.86. The summed E-state index contributed by atoms with van der Waals surface area (Å²) in [6.45, 7) is 0.833. The Balaban J connectivity index is 1.42. The summed E-state index contributed by atoms with van der Waals surface area (Å²) in [5.74, 6) is -1.11. The number of halogens is 1. The van der Waals surface area contributed by atoms with E-state index >= 15 is 0 Å².